The normalized spacial score (nSPS) is 15.1. The zero-order valence-electron chi connectivity index (χ0n) is 21.7. The number of carbonyl (C=O) groups is 1. The number of allylic oxidation sites excluding steroid dienone is 1. The molecule has 0 aromatic heterocycles. The number of nitrogens with two attached hydrogens (primary N) is 1. The predicted octanol–water partition coefficient (Wildman–Crippen LogP) is 6.10. The summed E-state index contributed by atoms with van der Waals surface area (Å²) in [7, 11) is 0. The fraction of sp³-hybridized carbons (Fsp3) is 0.233. The van der Waals surface area contributed by atoms with Gasteiger partial charge in [-0.15, -0.1) is 0 Å². The summed E-state index contributed by atoms with van der Waals surface area (Å²) >= 11 is 6.49. The SMILES string of the molecule is CCc1cccc(C)c1N1C(=C=O)C=C(N2CCN(C(=O)O)CC2)c2cc(F)c(-c3c(N)cccc3Cl)cc21. The molecule has 1 fully saturated rings. The average Bonchev–Trinajstić information content (AvgIpc) is 2.92. The Morgan fingerprint density at radius 3 is 2.46 bits per heavy atom. The summed E-state index contributed by atoms with van der Waals surface area (Å²) in [6.07, 6.45) is 1.45. The Balaban J connectivity index is 1.76. The molecule has 1 amide bonds. The minimum Gasteiger partial charge on any atom is -0.465 e. The van der Waals surface area contributed by atoms with Crippen molar-refractivity contribution in [2.24, 2.45) is 0 Å². The lowest BCUT2D eigenvalue weighted by Gasteiger charge is -2.40. The van der Waals surface area contributed by atoms with Crippen LogP contribution in [-0.2, 0) is 11.2 Å². The van der Waals surface area contributed by atoms with Crippen LogP contribution < -0.4 is 10.6 Å². The maximum Gasteiger partial charge on any atom is 0.407 e. The van der Waals surface area contributed by atoms with Crippen molar-refractivity contribution in [1.29, 1.82) is 0 Å². The highest BCUT2D eigenvalue weighted by molar-refractivity contribution is 6.34. The number of nitrogens with zero attached hydrogens (tertiary/aromatic N) is 3. The summed E-state index contributed by atoms with van der Waals surface area (Å²) in [5, 5.41) is 9.70. The van der Waals surface area contributed by atoms with Crippen molar-refractivity contribution in [3.05, 3.63) is 87.8 Å². The number of amides is 1. The molecule has 2 heterocycles. The molecule has 0 aliphatic carbocycles. The lowest BCUT2D eigenvalue weighted by molar-refractivity contribution is 0.122. The van der Waals surface area contributed by atoms with E-state index in [1.54, 1.807) is 30.3 Å². The second-order valence-corrected chi connectivity index (χ2v) is 10.0. The van der Waals surface area contributed by atoms with E-state index < -0.39 is 11.9 Å². The van der Waals surface area contributed by atoms with E-state index in [0.717, 1.165) is 16.8 Å². The van der Waals surface area contributed by atoms with Crippen molar-refractivity contribution >= 4 is 46.4 Å². The molecule has 0 bridgehead atoms. The number of carbonyl (C=O) groups excluding carboxylic acids is 1. The van der Waals surface area contributed by atoms with Crippen molar-refractivity contribution in [1.82, 2.24) is 9.80 Å². The number of halogens is 2. The number of hydrogen-bond donors (Lipinski definition) is 2. The number of fused-ring (bicyclic) bond motifs is 1. The number of anilines is 3. The summed E-state index contributed by atoms with van der Waals surface area (Å²) in [5.41, 5.74) is 12.0. The van der Waals surface area contributed by atoms with Crippen LogP contribution in [0.3, 0.4) is 0 Å². The van der Waals surface area contributed by atoms with Crippen LogP contribution in [-0.4, -0.2) is 53.1 Å². The molecule has 1 saturated heterocycles. The third-order valence-corrected chi connectivity index (χ3v) is 7.67. The predicted molar refractivity (Wildman–Crippen MR) is 152 cm³/mol. The van der Waals surface area contributed by atoms with E-state index in [9.17, 15) is 14.7 Å². The van der Waals surface area contributed by atoms with Gasteiger partial charge in [0.25, 0.3) is 0 Å². The van der Waals surface area contributed by atoms with Crippen LogP contribution in [0, 0.1) is 12.7 Å². The van der Waals surface area contributed by atoms with Crippen molar-refractivity contribution < 1.29 is 19.1 Å². The van der Waals surface area contributed by atoms with Crippen LogP contribution in [0.15, 0.2) is 60.3 Å². The molecule has 0 spiro atoms. The van der Waals surface area contributed by atoms with Crippen molar-refractivity contribution in [2.45, 2.75) is 20.3 Å². The Kier molecular flexibility index (Phi) is 7.08. The van der Waals surface area contributed by atoms with Gasteiger partial charge in [0.05, 0.1) is 16.4 Å². The molecule has 200 valence electrons. The molecule has 3 aromatic rings. The number of carboxylic acid groups (broad SMARTS) is 1. The number of aryl methyl sites for hydroxylation is 2. The van der Waals surface area contributed by atoms with Crippen molar-refractivity contribution in [3.8, 4) is 11.1 Å². The van der Waals surface area contributed by atoms with Gasteiger partial charge in [0.15, 0.2) is 5.94 Å². The van der Waals surface area contributed by atoms with Gasteiger partial charge in [-0.1, -0.05) is 42.8 Å². The topological polar surface area (TPSA) is 90.1 Å². The molecule has 0 unspecified atom stereocenters. The number of rotatable bonds is 4. The highest BCUT2D eigenvalue weighted by atomic mass is 35.5. The molecule has 3 aromatic carbocycles. The number of piperazine rings is 1. The van der Waals surface area contributed by atoms with Gasteiger partial charge in [-0.2, -0.15) is 0 Å². The minimum atomic E-state index is -0.980. The van der Waals surface area contributed by atoms with Crippen LogP contribution in [0.1, 0.15) is 23.6 Å². The Bertz CT molecular complexity index is 1540. The third kappa shape index (κ3) is 4.62. The van der Waals surface area contributed by atoms with Crippen LogP contribution >= 0.6 is 11.6 Å². The van der Waals surface area contributed by atoms with Gasteiger partial charge in [0.2, 0.25) is 0 Å². The van der Waals surface area contributed by atoms with Crippen LogP contribution in [0.5, 0.6) is 0 Å². The van der Waals surface area contributed by atoms with Crippen LogP contribution in [0.2, 0.25) is 5.02 Å². The largest absolute Gasteiger partial charge is 0.465 e. The highest BCUT2D eigenvalue weighted by Gasteiger charge is 2.33. The number of para-hydroxylation sites is 1. The van der Waals surface area contributed by atoms with Gasteiger partial charge in [0, 0.05) is 54.3 Å². The molecule has 7 nitrogen and oxygen atoms in total. The van der Waals surface area contributed by atoms with Gasteiger partial charge in [-0.3, -0.25) is 4.90 Å². The standard InChI is InChI=1S/C30H28ClFN4O3/c1-3-19-7-4-6-18(2)29(19)36-20(17-37)14-26(34-10-12-35(13-11-34)30(38)39)22-15-24(32)21(16-27(22)36)28-23(31)8-5-9-25(28)33/h4-9,14-16H,3,10-13,33H2,1-2H3,(H,38,39). The fourth-order valence-electron chi connectivity index (χ4n) is 5.41. The first-order valence-electron chi connectivity index (χ1n) is 12.7. The third-order valence-electron chi connectivity index (χ3n) is 7.35. The molecule has 39 heavy (non-hydrogen) atoms. The lowest BCUT2D eigenvalue weighted by Crippen LogP contribution is -2.47. The van der Waals surface area contributed by atoms with Gasteiger partial charge < -0.3 is 20.6 Å². The van der Waals surface area contributed by atoms with Crippen molar-refractivity contribution in [3.63, 3.8) is 0 Å². The Hall–Kier alpha value is -4.26. The summed E-state index contributed by atoms with van der Waals surface area (Å²) in [5.74, 6) is 1.59. The smallest absolute Gasteiger partial charge is 0.407 e. The second kappa shape index (κ2) is 10.5. The Morgan fingerprint density at radius 1 is 1.10 bits per heavy atom. The Morgan fingerprint density at radius 2 is 1.82 bits per heavy atom. The van der Waals surface area contributed by atoms with Gasteiger partial charge in [-0.05, 0) is 54.8 Å². The van der Waals surface area contributed by atoms with E-state index in [1.807, 2.05) is 41.8 Å². The van der Waals surface area contributed by atoms with E-state index >= 15 is 4.39 Å². The zero-order valence-corrected chi connectivity index (χ0v) is 22.4. The van der Waals surface area contributed by atoms with Crippen LogP contribution in [0.25, 0.3) is 16.8 Å². The van der Waals surface area contributed by atoms with Crippen LogP contribution in [0.4, 0.5) is 26.2 Å². The second-order valence-electron chi connectivity index (χ2n) is 9.60. The molecular formula is C30H28ClFN4O3. The summed E-state index contributed by atoms with van der Waals surface area (Å²) in [6.45, 7) is 5.39. The molecule has 2 aliphatic heterocycles. The zero-order chi connectivity index (χ0) is 27.8. The lowest BCUT2D eigenvalue weighted by atomic mass is 9.93. The molecule has 0 saturated carbocycles. The van der Waals surface area contributed by atoms with E-state index in [2.05, 4.69) is 5.94 Å². The molecule has 0 radical (unpaired) electrons. The number of hydrogen-bond acceptors (Lipinski definition) is 5. The molecule has 2 aliphatic rings. The maximum absolute atomic E-state index is 15.9. The van der Waals surface area contributed by atoms with E-state index in [4.69, 9.17) is 17.3 Å². The quantitative estimate of drug-likeness (QED) is 0.303. The van der Waals surface area contributed by atoms with Crippen molar-refractivity contribution in [2.75, 3.05) is 36.8 Å². The summed E-state index contributed by atoms with van der Waals surface area (Å²) in [6, 6.07) is 14.1. The van der Waals surface area contributed by atoms with Gasteiger partial charge in [-0.25, -0.2) is 14.0 Å². The first-order valence-corrected chi connectivity index (χ1v) is 13.1. The number of nitrogen functional groups attached to an aromatic ring is 1. The summed E-state index contributed by atoms with van der Waals surface area (Å²) < 4.78 is 15.9. The minimum absolute atomic E-state index is 0.218. The molecule has 0 atom stereocenters. The highest BCUT2D eigenvalue weighted by Crippen LogP contribution is 2.47. The molecule has 5 rings (SSSR count). The molecule has 9 heteroatoms. The van der Waals surface area contributed by atoms with Gasteiger partial charge >= 0.3 is 6.09 Å². The number of benzene rings is 3. The average molecular weight is 547 g/mol. The first kappa shape index (κ1) is 26.4. The summed E-state index contributed by atoms with van der Waals surface area (Å²) in [4.78, 5) is 29.1. The first-order chi connectivity index (χ1) is 18.7. The van der Waals surface area contributed by atoms with Gasteiger partial charge in [0.1, 0.15) is 11.5 Å². The van der Waals surface area contributed by atoms with E-state index in [-0.39, 0.29) is 11.3 Å². The molecular weight excluding hydrogens is 519 g/mol. The maximum atomic E-state index is 15.9. The Labute approximate surface area is 231 Å². The fourth-order valence-corrected chi connectivity index (χ4v) is 5.70. The van der Waals surface area contributed by atoms with E-state index in [1.165, 1.54) is 11.0 Å². The molecule has 3 N–H and O–H groups in total. The van der Waals surface area contributed by atoms with E-state index in [0.29, 0.717) is 65.8 Å². The monoisotopic (exact) mass is 546 g/mol.